The number of ether oxygens (including phenoxy) is 1. The number of benzene rings is 3. The van der Waals surface area contributed by atoms with Crippen LogP contribution >= 0.6 is 0 Å². The van der Waals surface area contributed by atoms with Gasteiger partial charge in [0, 0.05) is 5.69 Å². The molecular weight excluding hydrogens is 400 g/mol. The van der Waals surface area contributed by atoms with Crippen LogP contribution in [-0.2, 0) is 14.8 Å². The van der Waals surface area contributed by atoms with E-state index in [0.717, 1.165) is 15.4 Å². The fourth-order valence-electron chi connectivity index (χ4n) is 2.99. The van der Waals surface area contributed by atoms with Crippen LogP contribution in [0.1, 0.15) is 11.1 Å². The Labute approximate surface area is 177 Å². The minimum atomic E-state index is -3.95. The number of nitrogens with one attached hydrogen (secondary N) is 1. The van der Waals surface area contributed by atoms with E-state index < -0.39 is 15.9 Å². The Morgan fingerprint density at radius 2 is 1.60 bits per heavy atom. The van der Waals surface area contributed by atoms with Crippen LogP contribution in [0.25, 0.3) is 0 Å². The third-order valence-corrected chi connectivity index (χ3v) is 6.65. The molecule has 7 heteroatoms. The number of rotatable bonds is 7. The number of nitrogens with zero attached hydrogens (tertiary/aromatic N) is 1. The second-order valence-electron chi connectivity index (χ2n) is 6.82. The van der Waals surface area contributed by atoms with Crippen LogP contribution in [0, 0.1) is 13.8 Å². The van der Waals surface area contributed by atoms with Gasteiger partial charge in [0.15, 0.2) is 0 Å². The molecule has 1 amide bonds. The molecule has 0 unspecified atom stereocenters. The van der Waals surface area contributed by atoms with Crippen molar-refractivity contribution in [2.24, 2.45) is 0 Å². The monoisotopic (exact) mass is 424 g/mol. The molecule has 30 heavy (non-hydrogen) atoms. The molecule has 156 valence electrons. The van der Waals surface area contributed by atoms with E-state index in [9.17, 15) is 13.2 Å². The molecule has 0 saturated carbocycles. The minimum absolute atomic E-state index is 0.111. The van der Waals surface area contributed by atoms with Gasteiger partial charge in [-0.25, -0.2) is 8.42 Å². The van der Waals surface area contributed by atoms with Crippen LogP contribution < -0.4 is 14.4 Å². The summed E-state index contributed by atoms with van der Waals surface area (Å²) in [7, 11) is -2.41. The van der Waals surface area contributed by atoms with E-state index in [0.29, 0.717) is 17.1 Å². The first-order valence-electron chi connectivity index (χ1n) is 9.41. The summed E-state index contributed by atoms with van der Waals surface area (Å²) in [6.45, 7) is 3.50. The number of hydrogen-bond acceptors (Lipinski definition) is 4. The molecule has 6 nitrogen and oxygen atoms in total. The van der Waals surface area contributed by atoms with E-state index in [1.807, 2.05) is 26.0 Å². The van der Waals surface area contributed by atoms with Crippen LogP contribution in [0.3, 0.4) is 0 Å². The number of aryl methyl sites for hydroxylation is 1. The maximum atomic E-state index is 13.3. The highest BCUT2D eigenvalue weighted by atomic mass is 32.2. The summed E-state index contributed by atoms with van der Waals surface area (Å²) < 4.78 is 32.9. The maximum absolute atomic E-state index is 13.3. The van der Waals surface area contributed by atoms with E-state index in [-0.39, 0.29) is 11.4 Å². The van der Waals surface area contributed by atoms with E-state index in [1.54, 1.807) is 48.5 Å². The van der Waals surface area contributed by atoms with Gasteiger partial charge in [-0.3, -0.25) is 9.10 Å². The molecule has 0 heterocycles. The Kier molecular flexibility index (Phi) is 6.42. The summed E-state index contributed by atoms with van der Waals surface area (Å²) in [6.07, 6.45) is 0. The third kappa shape index (κ3) is 4.63. The predicted molar refractivity (Wildman–Crippen MR) is 119 cm³/mol. The molecular formula is C23H24N2O4S. The highest BCUT2D eigenvalue weighted by molar-refractivity contribution is 7.92. The number of carbonyl (C=O) groups excluding carboxylic acids is 1. The summed E-state index contributed by atoms with van der Waals surface area (Å²) in [4.78, 5) is 12.9. The van der Waals surface area contributed by atoms with Gasteiger partial charge < -0.3 is 10.1 Å². The standard InChI is InChI=1S/C23H24N2O4S/c1-17-8-7-11-22(18(17)2)24-23(26)16-25(19-12-14-20(29-3)15-13-19)30(27,28)21-9-5-4-6-10-21/h4-15H,16H2,1-3H3,(H,24,26). The van der Waals surface area contributed by atoms with Gasteiger partial charge in [0.1, 0.15) is 12.3 Å². The molecule has 3 aromatic rings. The number of anilines is 2. The molecule has 3 aromatic carbocycles. The number of methoxy groups -OCH3 is 1. The molecule has 1 N–H and O–H groups in total. The van der Waals surface area contributed by atoms with Crippen molar-refractivity contribution in [3.8, 4) is 5.75 Å². The zero-order valence-electron chi connectivity index (χ0n) is 17.1. The van der Waals surface area contributed by atoms with Gasteiger partial charge in [-0.1, -0.05) is 30.3 Å². The molecule has 0 aliphatic rings. The average Bonchev–Trinajstić information content (AvgIpc) is 2.76. The van der Waals surface area contributed by atoms with Gasteiger partial charge in [-0.2, -0.15) is 0 Å². The number of hydrogen-bond donors (Lipinski definition) is 1. The Balaban J connectivity index is 1.94. The highest BCUT2D eigenvalue weighted by Gasteiger charge is 2.27. The molecule has 0 saturated heterocycles. The van der Waals surface area contributed by atoms with Crippen LogP contribution in [0.15, 0.2) is 77.7 Å². The van der Waals surface area contributed by atoms with Crippen LogP contribution in [-0.4, -0.2) is 28.0 Å². The second-order valence-corrected chi connectivity index (χ2v) is 8.68. The van der Waals surface area contributed by atoms with E-state index in [1.165, 1.54) is 19.2 Å². The van der Waals surface area contributed by atoms with Crippen LogP contribution in [0.2, 0.25) is 0 Å². The van der Waals surface area contributed by atoms with Crippen molar-refractivity contribution >= 4 is 27.3 Å². The minimum Gasteiger partial charge on any atom is -0.497 e. The molecule has 0 radical (unpaired) electrons. The van der Waals surface area contributed by atoms with Crippen LogP contribution in [0.4, 0.5) is 11.4 Å². The Bertz CT molecular complexity index is 1130. The van der Waals surface area contributed by atoms with Crippen molar-refractivity contribution < 1.29 is 17.9 Å². The van der Waals surface area contributed by atoms with Crippen molar-refractivity contribution in [1.29, 1.82) is 0 Å². The summed E-state index contributed by atoms with van der Waals surface area (Å²) >= 11 is 0. The summed E-state index contributed by atoms with van der Waals surface area (Å²) in [5.74, 6) is 0.162. The summed E-state index contributed by atoms with van der Waals surface area (Å²) in [5.41, 5.74) is 3.01. The van der Waals surface area contributed by atoms with Gasteiger partial charge in [-0.15, -0.1) is 0 Å². The Hall–Kier alpha value is -3.32. The molecule has 0 spiro atoms. The van der Waals surface area contributed by atoms with Gasteiger partial charge in [0.2, 0.25) is 5.91 Å². The van der Waals surface area contributed by atoms with E-state index in [2.05, 4.69) is 5.32 Å². The molecule has 0 atom stereocenters. The fourth-order valence-corrected chi connectivity index (χ4v) is 4.43. The Morgan fingerprint density at radius 1 is 0.933 bits per heavy atom. The normalized spacial score (nSPS) is 11.0. The number of carbonyl (C=O) groups is 1. The summed E-state index contributed by atoms with van der Waals surface area (Å²) in [5, 5.41) is 2.83. The predicted octanol–water partition coefficient (Wildman–Crippen LogP) is 4.15. The second kappa shape index (κ2) is 9.00. The van der Waals surface area contributed by atoms with Gasteiger partial charge in [-0.05, 0) is 67.4 Å². The van der Waals surface area contributed by atoms with Crippen LogP contribution in [0.5, 0.6) is 5.75 Å². The molecule has 0 bridgehead atoms. The van der Waals surface area contributed by atoms with Gasteiger partial charge in [0.05, 0.1) is 17.7 Å². The SMILES string of the molecule is COc1ccc(N(CC(=O)Nc2cccc(C)c2C)S(=O)(=O)c2ccccc2)cc1. The largest absolute Gasteiger partial charge is 0.497 e. The van der Waals surface area contributed by atoms with Gasteiger partial charge in [0.25, 0.3) is 10.0 Å². The number of sulfonamides is 1. The maximum Gasteiger partial charge on any atom is 0.264 e. The zero-order valence-corrected chi connectivity index (χ0v) is 17.9. The molecule has 0 aliphatic heterocycles. The fraction of sp³-hybridized carbons (Fsp3) is 0.174. The smallest absolute Gasteiger partial charge is 0.264 e. The zero-order chi connectivity index (χ0) is 21.7. The Morgan fingerprint density at radius 3 is 2.23 bits per heavy atom. The molecule has 0 aliphatic carbocycles. The van der Waals surface area contributed by atoms with E-state index >= 15 is 0 Å². The van der Waals surface area contributed by atoms with Gasteiger partial charge >= 0.3 is 0 Å². The summed E-state index contributed by atoms with van der Waals surface area (Å²) in [6, 6.07) is 20.2. The van der Waals surface area contributed by atoms with Crippen molar-refractivity contribution in [1.82, 2.24) is 0 Å². The van der Waals surface area contributed by atoms with E-state index in [4.69, 9.17) is 4.74 Å². The highest BCUT2D eigenvalue weighted by Crippen LogP contribution is 2.26. The molecule has 0 fully saturated rings. The first-order chi connectivity index (χ1) is 14.3. The lowest BCUT2D eigenvalue weighted by Gasteiger charge is -2.24. The van der Waals surface area contributed by atoms with Crippen molar-refractivity contribution in [3.05, 3.63) is 83.9 Å². The molecule has 3 rings (SSSR count). The van der Waals surface area contributed by atoms with Crippen molar-refractivity contribution in [2.75, 3.05) is 23.3 Å². The first kappa shape index (κ1) is 21.4. The lowest BCUT2D eigenvalue weighted by Crippen LogP contribution is -2.38. The van der Waals surface area contributed by atoms with Crippen molar-refractivity contribution in [3.63, 3.8) is 0 Å². The topological polar surface area (TPSA) is 75.7 Å². The van der Waals surface area contributed by atoms with Crippen molar-refractivity contribution in [2.45, 2.75) is 18.7 Å². The lowest BCUT2D eigenvalue weighted by atomic mass is 10.1. The quantitative estimate of drug-likeness (QED) is 0.618. The lowest BCUT2D eigenvalue weighted by molar-refractivity contribution is -0.114. The molecule has 0 aromatic heterocycles. The third-order valence-electron chi connectivity index (χ3n) is 4.86. The first-order valence-corrected chi connectivity index (χ1v) is 10.8. The average molecular weight is 425 g/mol. The number of amides is 1.